The lowest BCUT2D eigenvalue weighted by Crippen LogP contribution is -2.40. The number of likely N-dealkylation sites (tertiary alicyclic amines) is 1. The third-order valence-corrected chi connectivity index (χ3v) is 4.88. The Bertz CT molecular complexity index is 545. The van der Waals surface area contributed by atoms with Crippen molar-refractivity contribution in [1.29, 1.82) is 0 Å². The summed E-state index contributed by atoms with van der Waals surface area (Å²) >= 11 is 0. The molecule has 0 aliphatic carbocycles. The van der Waals surface area contributed by atoms with E-state index in [-0.39, 0.29) is 17.8 Å². The standard InChI is InChI=1S/C21H31NO3/c1-3-5-7-17-8-10-18(11-9-17)20(23)22-14-12-19(13-15-22)21(24)25-16-6-4-2/h8-11,19H,3-7,12-16H2,1-2H3. The smallest absolute Gasteiger partial charge is 0.309 e. The van der Waals surface area contributed by atoms with Crippen molar-refractivity contribution < 1.29 is 14.3 Å². The number of ether oxygens (including phenoxy) is 1. The molecule has 0 radical (unpaired) electrons. The van der Waals surface area contributed by atoms with Crippen molar-refractivity contribution in [3.8, 4) is 0 Å². The van der Waals surface area contributed by atoms with E-state index in [4.69, 9.17) is 4.74 Å². The highest BCUT2D eigenvalue weighted by Gasteiger charge is 2.28. The number of esters is 1. The van der Waals surface area contributed by atoms with Crippen molar-refractivity contribution in [3.05, 3.63) is 35.4 Å². The molecular weight excluding hydrogens is 314 g/mol. The van der Waals surface area contributed by atoms with Crippen LogP contribution in [0.3, 0.4) is 0 Å². The molecule has 1 aromatic rings. The van der Waals surface area contributed by atoms with Crippen LogP contribution in [0.25, 0.3) is 0 Å². The second kappa shape index (κ2) is 10.2. The molecular formula is C21H31NO3. The van der Waals surface area contributed by atoms with Crippen LogP contribution < -0.4 is 0 Å². The van der Waals surface area contributed by atoms with E-state index in [9.17, 15) is 9.59 Å². The predicted octanol–water partition coefficient (Wildman–Crippen LogP) is 4.22. The average molecular weight is 345 g/mol. The Balaban J connectivity index is 1.81. The van der Waals surface area contributed by atoms with Gasteiger partial charge in [-0.05, 0) is 49.8 Å². The minimum absolute atomic E-state index is 0.0580. The predicted molar refractivity (Wildman–Crippen MR) is 99.5 cm³/mol. The molecule has 0 saturated carbocycles. The second-order valence-electron chi connectivity index (χ2n) is 6.89. The quantitative estimate of drug-likeness (QED) is 0.523. The number of benzene rings is 1. The van der Waals surface area contributed by atoms with Crippen LogP contribution in [0.15, 0.2) is 24.3 Å². The van der Waals surface area contributed by atoms with Gasteiger partial charge in [0, 0.05) is 18.7 Å². The normalized spacial score (nSPS) is 15.2. The molecule has 1 amide bonds. The summed E-state index contributed by atoms with van der Waals surface area (Å²) in [5.41, 5.74) is 2.02. The highest BCUT2D eigenvalue weighted by molar-refractivity contribution is 5.94. The fourth-order valence-electron chi connectivity index (χ4n) is 3.13. The lowest BCUT2D eigenvalue weighted by Gasteiger charge is -2.31. The number of nitrogens with zero attached hydrogens (tertiary/aromatic N) is 1. The van der Waals surface area contributed by atoms with E-state index in [0.717, 1.165) is 24.8 Å². The molecule has 4 heteroatoms. The van der Waals surface area contributed by atoms with Crippen LogP contribution in [-0.2, 0) is 16.0 Å². The van der Waals surface area contributed by atoms with Crippen molar-refractivity contribution >= 4 is 11.9 Å². The Hall–Kier alpha value is -1.84. The van der Waals surface area contributed by atoms with Gasteiger partial charge in [-0.3, -0.25) is 9.59 Å². The molecule has 1 fully saturated rings. The van der Waals surface area contributed by atoms with Crippen LogP contribution in [0, 0.1) is 5.92 Å². The molecule has 1 aliphatic heterocycles. The SMILES string of the molecule is CCCCOC(=O)C1CCN(C(=O)c2ccc(CCCC)cc2)CC1. The van der Waals surface area contributed by atoms with Gasteiger partial charge in [-0.25, -0.2) is 0 Å². The van der Waals surface area contributed by atoms with E-state index in [1.165, 1.54) is 18.4 Å². The zero-order chi connectivity index (χ0) is 18.1. The summed E-state index contributed by atoms with van der Waals surface area (Å²) in [6.07, 6.45) is 6.76. The number of rotatable bonds is 8. The van der Waals surface area contributed by atoms with Gasteiger partial charge in [0.1, 0.15) is 0 Å². The van der Waals surface area contributed by atoms with Gasteiger partial charge in [-0.2, -0.15) is 0 Å². The van der Waals surface area contributed by atoms with Gasteiger partial charge in [0.05, 0.1) is 12.5 Å². The molecule has 0 N–H and O–H groups in total. The second-order valence-corrected chi connectivity index (χ2v) is 6.89. The number of amides is 1. The van der Waals surface area contributed by atoms with Crippen molar-refractivity contribution in [2.45, 2.75) is 58.8 Å². The third-order valence-electron chi connectivity index (χ3n) is 4.88. The number of aryl methyl sites for hydroxylation is 1. The maximum Gasteiger partial charge on any atom is 0.309 e. The topological polar surface area (TPSA) is 46.6 Å². The van der Waals surface area contributed by atoms with E-state index in [0.29, 0.717) is 32.5 Å². The van der Waals surface area contributed by atoms with E-state index in [2.05, 4.69) is 26.0 Å². The molecule has 4 nitrogen and oxygen atoms in total. The minimum Gasteiger partial charge on any atom is -0.465 e. The molecule has 138 valence electrons. The summed E-state index contributed by atoms with van der Waals surface area (Å²) in [4.78, 5) is 26.5. The van der Waals surface area contributed by atoms with E-state index in [1.54, 1.807) is 0 Å². The van der Waals surface area contributed by atoms with Crippen molar-refractivity contribution in [2.24, 2.45) is 5.92 Å². The first-order valence-corrected chi connectivity index (χ1v) is 9.70. The molecule has 1 heterocycles. The van der Waals surface area contributed by atoms with Crippen LogP contribution in [0.2, 0.25) is 0 Å². The number of carbonyl (C=O) groups is 2. The first-order chi connectivity index (χ1) is 12.2. The lowest BCUT2D eigenvalue weighted by atomic mass is 9.96. The van der Waals surface area contributed by atoms with E-state index in [1.807, 2.05) is 17.0 Å². The van der Waals surface area contributed by atoms with Gasteiger partial charge in [-0.15, -0.1) is 0 Å². The molecule has 1 aromatic carbocycles. The Morgan fingerprint density at radius 3 is 2.28 bits per heavy atom. The number of carbonyl (C=O) groups excluding carboxylic acids is 2. The molecule has 0 aromatic heterocycles. The third kappa shape index (κ3) is 5.87. The summed E-state index contributed by atoms with van der Waals surface area (Å²) in [7, 11) is 0. The first-order valence-electron chi connectivity index (χ1n) is 9.70. The van der Waals surface area contributed by atoms with Crippen LogP contribution in [0.1, 0.15) is 68.3 Å². The zero-order valence-electron chi connectivity index (χ0n) is 15.6. The molecule has 0 unspecified atom stereocenters. The number of unbranched alkanes of at least 4 members (excludes halogenated alkanes) is 2. The molecule has 0 spiro atoms. The first kappa shape index (κ1) is 19.5. The largest absolute Gasteiger partial charge is 0.465 e. The molecule has 2 rings (SSSR count). The van der Waals surface area contributed by atoms with E-state index >= 15 is 0 Å². The lowest BCUT2D eigenvalue weighted by molar-refractivity contribution is -0.150. The van der Waals surface area contributed by atoms with Gasteiger partial charge < -0.3 is 9.64 Å². The zero-order valence-corrected chi connectivity index (χ0v) is 15.6. The summed E-state index contributed by atoms with van der Waals surface area (Å²) in [5.74, 6) is -0.0852. The molecule has 0 atom stereocenters. The maximum absolute atomic E-state index is 12.6. The highest BCUT2D eigenvalue weighted by atomic mass is 16.5. The van der Waals surface area contributed by atoms with E-state index < -0.39 is 0 Å². The Labute approximate surface area is 151 Å². The van der Waals surface area contributed by atoms with Crippen LogP contribution in [0.4, 0.5) is 0 Å². The van der Waals surface area contributed by atoms with Gasteiger partial charge >= 0.3 is 5.97 Å². The van der Waals surface area contributed by atoms with Gasteiger partial charge in [0.25, 0.3) is 5.91 Å². The van der Waals surface area contributed by atoms with Gasteiger partial charge in [0.15, 0.2) is 0 Å². The maximum atomic E-state index is 12.6. The summed E-state index contributed by atoms with van der Waals surface area (Å²) in [6.45, 7) is 6.03. The van der Waals surface area contributed by atoms with Crippen LogP contribution in [0.5, 0.6) is 0 Å². The Morgan fingerprint density at radius 1 is 1.04 bits per heavy atom. The van der Waals surface area contributed by atoms with Crippen molar-refractivity contribution in [1.82, 2.24) is 4.90 Å². The highest BCUT2D eigenvalue weighted by Crippen LogP contribution is 2.21. The summed E-state index contributed by atoms with van der Waals surface area (Å²) in [6, 6.07) is 7.97. The van der Waals surface area contributed by atoms with Gasteiger partial charge in [0.2, 0.25) is 0 Å². The fourth-order valence-corrected chi connectivity index (χ4v) is 3.13. The average Bonchev–Trinajstić information content (AvgIpc) is 2.66. The molecule has 1 aliphatic rings. The van der Waals surface area contributed by atoms with Crippen molar-refractivity contribution in [3.63, 3.8) is 0 Å². The Morgan fingerprint density at radius 2 is 1.68 bits per heavy atom. The monoisotopic (exact) mass is 345 g/mol. The Kier molecular flexibility index (Phi) is 7.96. The summed E-state index contributed by atoms with van der Waals surface area (Å²) < 4.78 is 5.31. The summed E-state index contributed by atoms with van der Waals surface area (Å²) in [5, 5.41) is 0. The number of hydrogen-bond acceptors (Lipinski definition) is 3. The minimum atomic E-state index is -0.0965. The fraction of sp³-hybridized carbons (Fsp3) is 0.619. The number of hydrogen-bond donors (Lipinski definition) is 0. The molecule has 0 bridgehead atoms. The molecule has 1 saturated heterocycles. The number of piperidine rings is 1. The van der Waals surface area contributed by atoms with Crippen LogP contribution in [-0.4, -0.2) is 36.5 Å². The van der Waals surface area contributed by atoms with Crippen molar-refractivity contribution in [2.75, 3.05) is 19.7 Å². The molecule has 25 heavy (non-hydrogen) atoms. The van der Waals surface area contributed by atoms with Gasteiger partial charge in [-0.1, -0.05) is 38.8 Å². The van der Waals surface area contributed by atoms with Crippen LogP contribution >= 0.6 is 0 Å².